The molecule has 2 aromatic carbocycles. The van der Waals surface area contributed by atoms with Crippen molar-refractivity contribution < 1.29 is 14.0 Å². The number of nitrogens with zero attached hydrogens (tertiary/aromatic N) is 3. The summed E-state index contributed by atoms with van der Waals surface area (Å²) in [5, 5.41) is 19.7. The molecular formula is C26H28FN5O2S. The molecule has 0 radical (unpaired) electrons. The van der Waals surface area contributed by atoms with Gasteiger partial charge in [0, 0.05) is 18.0 Å². The Morgan fingerprint density at radius 2 is 2.00 bits per heavy atom. The first kappa shape index (κ1) is 26.0. The first-order chi connectivity index (χ1) is 16.8. The molecule has 1 atom stereocenters. The van der Waals surface area contributed by atoms with Crippen LogP contribution in [-0.2, 0) is 22.4 Å². The molecule has 0 fully saturated rings. The van der Waals surface area contributed by atoms with Crippen molar-refractivity contribution in [1.82, 2.24) is 15.1 Å². The van der Waals surface area contributed by atoms with E-state index in [1.165, 1.54) is 23.9 Å². The van der Waals surface area contributed by atoms with Gasteiger partial charge in [0.05, 0.1) is 28.8 Å². The monoisotopic (exact) mass is 493 g/mol. The lowest BCUT2D eigenvalue weighted by Gasteiger charge is -2.15. The molecule has 0 saturated heterocycles. The molecule has 0 aliphatic carbocycles. The Labute approximate surface area is 208 Å². The number of thioether (sulfide) groups is 1. The number of benzene rings is 2. The van der Waals surface area contributed by atoms with Crippen molar-refractivity contribution in [1.29, 1.82) is 5.26 Å². The Kier molecular flexibility index (Phi) is 9.04. The molecule has 1 aromatic heterocycles. The summed E-state index contributed by atoms with van der Waals surface area (Å²) in [6.07, 6.45) is 4.14. The van der Waals surface area contributed by atoms with Gasteiger partial charge in [-0.2, -0.15) is 22.1 Å². The molecule has 35 heavy (non-hydrogen) atoms. The highest BCUT2D eigenvalue weighted by Gasteiger charge is 2.21. The van der Waals surface area contributed by atoms with Crippen molar-refractivity contribution >= 4 is 29.9 Å². The zero-order valence-electron chi connectivity index (χ0n) is 20.0. The Morgan fingerprint density at radius 3 is 2.63 bits per heavy atom. The van der Waals surface area contributed by atoms with Gasteiger partial charge < -0.3 is 10.6 Å². The number of rotatable bonds is 11. The summed E-state index contributed by atoms with van der Waals surface area (Å²) in [7, 11) is 0. The van der Waals surface area contributed by atoms with E-state index in [0.29, 0.717) is 48.5 Å². The predicted molar refractivity (Wildman–Crippen MR) is 136 cm³/mol. The molecule has 1 heterocycles. The molecule has 0 unspecified atom stereocenters. The second-order valence-electron chi connectivity index (χ2n) is 8.33. The highest BCUT2D eigenvalue weighted by Crippen LogP contribution is 2.25. The summed E-state index contributed by atoms with van der Waals surface area (Å²) in [5.41, 5.74) is 4.46. The first-order valence-corrected chi connectivity index (χ1v) is 12.6. The number of hydrogen-bond donors (Lipinski definition) is 2. The number of aryl methyl sites for hydroxylation is 2. The fourth-order valence-electron chi connectivity index (χ4n) is 3.92. The minimum Gasteiger partial charge on any atom is -0.356 e. The van der Waals surface area contributed by atoms with Crippen molar-refractivity contribution in [3.05, 3.63) is 76.2 Å². The molecule has 9 heteroatoms. The van der Waals surface area contributed by atoms with Crippen LogP contribution in [0.4, 0.5) is 10.2 Å². The maximum atomic E-state index is 13.8. The van der Waals surface area contributed by atoms with Crippen molar-refractivity contribution in [3.8, 4) is 11.8 Å². The van der Waals surface area contributed by atoms with Gasteiger partial charge in [0.2, 0.25) is 12.3 Å². The van der Waals surface area contributed by atoms with E-state index in [1.54, 1.807) is 28.9 Å². The number of aromatic nitrogens is 2. The number of carbonyl (C=O) groups is 2. The summed E-state index contributed by atoms with van der Waals surface area (Å²) in [6.45, 7) is 3.73. The Hall–Kier alpha value is -3.64. The fourth-order valence-corrected chi connectivity index (χ4v) is 4.25. The Balaban J connectivity index is 1.89. The molecule has 0 spiro atoms. The van der Waals surface area contributed by atoms with Crippen LogP contribution in [-0.4, -0.2) is 40.1 Å². The number of carbonyl (C=O) groups excluding carboxylic acids is 2. The van der Waals surface area contributed by atoms with Crippen molar-refractivity contribution in [2.75, 3.05) is 17.3 Å². The summed E-state index contributed by atoms with van der Waals surface area (Å²) in [6, 6.07) is 13.7. The fraction of sp³-hybridized carbons (Fsp3) is 0.308. The molecule has 2 amide bonds. The Bertz CT molecular complexity index is 1210. The van der Waals surface area contributed by atoms with Crippen LogP contribution in [0.25, 0.3) is 5.69 Å². The lowest BCUT2D eigenvalue weighted by Crippen LogP contribution is -2.31. The number of hydrogen-bond acceptors (Lipinski definition) is 5. The van der Waals surface area contributed by atoms with Gasteiger partial charge in [-0.15, -0.1) is 0 Å². The quantitative estimate of drug-likeness (QED) is 0.392. The average molecular weight is 494 g/mol. The van der Waals surface area contributed by atoms with E-state index in [9.17, 15) is 14.0 Å². The number of nitriles is 1. The summed E-state index contributed by atoms with van der Waals surface area (Å²) in [5.74, 6) is 0.429. The largest absolute Gasteiger partial charge is 0.356 e. The topological polar surface area (TPSA) is 99.8 Å². The summed E-state index contributed by atoms with van der Waals surface area (Å²) < 4.78 is 15.4. The van der Waals surface area contributed by atoms with Crippen molar-refractivity contribution in [2.45, 2.75) is 39.2 Å². The van der Waals surface area contributed by atoms with Gasteiger partial charge in [0.1, 0.15) is 11.6 Å². The summed E-state index contributed by atoms with van der Waals surface area (Å²) in [4.78, 5) is 23.7. The standard InChI is InChI=1S/C26H28FN5O2S/c1-17-10-20(12-21(27)11-17)4-7-22(29-16-33)13-24-18(2)26(30-25(34)15-35-3)32(31-24)23-8-5-19(14-28)6-9-23/h5-6,8-12,16,22H,4,7,13,15H2,1-3H3,(H,29,33)(H,30,34)/t22-/m0/s1. The SMILES string of the molecule is CSCC(=O)Nc1c(C)c(C[C@H](CCc2cc(C)cc(F)c2)NC=O)nn1-c1ccc(C#N)cc1. The molecule has 3 aromatic rings. The predicted octanol–water partition coefficient (Wildman–Crippen LogP) is 4.09. The molecule has 7 nitrogen and oxygen atoms in total. The molecule has 0 aliphatic heterocycles. The van der Waals surface area contributed by atoms with Crippen LogP contribution < -0.4 is 10.6 Å². The zero-order valence-corrected chi connectivity index (χ0v) is 20.8. The minimum atomic E-state index is -0.275. The van der Waals surface area contributed by atoms with Gasteiger partial charge >= 0.3 is 0 Å². The highest BCUT2D eigenvalue weighted by atomic mass is 32.2. The van der Waals surface area contributed by atoms with Crippen molar-refractivity contribution in [3.63, 3.8) is 0 Å². The van der Waals surface area contributed by atoms with Crippen LogP contribution in [0.15, 0.2) is 42.5 Å². The molecule has 3 rings (SSSR count). The molecular weight excluding hydrogens is 465 g/mol. The second kappa shape index (κ2) is 12.2. The molecule has 0 bridgehead atoms. The number of halogens is 1. The zero-order chi connectivity index (χ0) is 25.4. The van der Waals surface area contributed by atoms with E-state index in [-0.39, 0.29) is 17.8 Å². The highest BCUT2D eigenvalue weighted by molar-refractivity contribution is 7.99. The molecule has 2 N–H and O–H groups in total. The third-order valence-corrected chi connectivity index (χ3v) is 6.17. The maximum Gasteiger partial charge on any atom is 0.235 e. The maximum absolute atomic E-state index is 13.8. The van der Waals surface area contributed by atoms with E-state index in [1.807, 2.05) is 26.2 Å². The van der Waals surface area contributed by atoms with Crippen LogP contribution >= 0.6 is 11.8 Å². The van der Waals surface area contributed by atoms with Crippen LogP contribution in [0, 0.1) is 31.0 Å². The van der Waals surface area contributed by atoms with E-state index in [2.05, 4.69) is 16.7 Å². The third kappa shape index (κ3) is 6.93. The molecule has 0 aliphatic rings. The Morgan fingerprint density at radius 1 is 1.26 bits per heavy atom. The van der Waals surface area contributed by atoms with E-state index in [4.69, 9.17) is 10.4 Å². The normalized spacial score (nSPS) is 11.5. The molecule has 0 saturated carbocycles. The average Bonchev–Trinajstić information content (AvgIpc) is 3.12. The number of amides is 2. The van der Waals surface area contributed by atoms with Gasteiger partial charge in [-0.1, -0.05) is 6.07 Å². The van der Waals surface area contributed by atoms with Crippen LogP contribution in [0.3, 0.4) is 0 Å². The van der Waals surface area contributed by atoms with Crippen LogP contribution in [0.1, 0.15) is 34.4 Å². The minimum absolute atomic E-state index is 0.147. The molecule has 182 valence electrons. The second-order valence-corrected chi connectivity index (χ2v) is 9.20. The summed E-state index contributed by atoms with van der Waals surface area (Å²) >= 11 is 1.42. The lowest BCUT2D eigenvalue weighted by atomic mass is 9.99. The lowest BCUT2D eigenvalue weighted by molar-refractivity contribution is -0.114. The van der Waals surface area contributed by atoms with Crippen LogP contribution in [0.5, 0.6) is 0 Å². The van der Waals surface area contributed by atoms with E-state index < -0.39 is 0 Å². The van der Waals surface area contributed by atoms with Gasteiger partial charge in [-0.25, -0.2) is 9.07 Å². The smallest absolute Gasteiger partial charge is 0.235 e. The van der Waals surface area contributed by atoms with E-state index in [0.717, 1.165) is 22.4 Å². The first-order valence-electron chi connectivity index (χ1n) is 11.2. The third-order valence-electron chi connectivity index (χ3n) is 5.62. The van der Waals surface area contributed by atoms with Gasteiger partial charge in [-0.3, -0.25) is 9.59 Å². The number of nitrogens with one attached hydrogen (secondary N) is 2. The van der Waals surface area contributed by atoms with Gasteiger partial charge in [-0.05, 0) is 80.5 Å². The van der Waals surface area contributed by atoms with E-state index >= 15 is 0 Å². The number of anilines is 1. The van der Waals surface area contributed by atoms with Crippen LogP contribution in [0.2, 0.25) is 0 Å². The van der Waals surface area contributed by atoms with Gasteiger partial charge in [0.25, 0.3) is 0 Å². The van der Waals surface area contributed by atoms with Crippen molar-refractivity contribution in [2.24, 2.45) is 0 Å². The van der Waals surface area contributed by atoms with Gasteiger partial charge in [0.15, 0.2) is 0 Å².